The number of esters is 1. The Labute approximate surface area is 160 Å². The quantitative estimate of drug-likeness (QED) is 0.294. The molecule has 9 heteroatoms. The van der Waals surface area contributed by atoms with Gasteiger partial charge in [0.25, 0.3) is 11.6 Å². The maximum absolute atomic E-state index is 11.8. The molecule has 0 saturated heterocycles. The highest BCUT2D eigenvalue weighted by atomic mass is 16.6. The van der Waals surface area contributed by atoms with Crippen LogP contribution < -0.4 is 10.6 Å². The highest BCUT2D eigenvalue weighted by molar-refractivity contribution is 5.97. The molecule has 0 atom stereocenters. The van der Waals surface area contributed by atoms with Crippen LogP contribution in [-0.4, -0.2) is 35.7 Å². The zero-order valence-corrected chi connectivity index (χ0v) is 15.1. The van der Waals surface area contributed by atoms with E-state index in [0.717, 1.165) is 0 Å². The molecule has 28 heavy (non-hydrogen) atoms. The largest absolute Gasteiger partial charge is 0.456 e. The van der Waals surface area contributed by atoms with Gasteiger partial charge in [0.15, 0.2) is 12.4 Å². The van der Waals surface area contributed by atoms with Crippen LogP contribution >= 0.6 is 0 Å². The monoisotopic (exact) mass is 385 g/mol. The summed E-state index contributed by atoms with van der Waals surface area (Å²) in [5.74, 6) is -1.30. The molecule has 0 unspecified atom stereocenters. The number of nitro groups is 1. The van der Waals surface area contributed by atoms with E-state index in [1.807, 2.05) is 0 Å². The molecule has 0 aromatic heterocycles. The van der Waals surface area contributed by atoms with Crippen molar-refractivity contribution in [2.75, 3.05) is 23.8 Å². The number of anilines is 2. The Morgan fingerprint density at radius 3 is 2.57 bits per heavy atom. The summed E-state index contributed by atoms with van der Waals surface area (Å²) in [6.07, 6.45) is -0.0703. The second kappa shape index (κ2) is 9.81. The Hall–Kier alpha value is -3.75. The Bertz CT molecular complexity index is 897. The third-order valence-electron chi connectivity index (χ3n) is 3.66. The molecule has 0 heterocycles. The average molecular weight is 385 g/mol. The minimum absolute atomic E-state index is 0.0703. The number of carbonyl (C=O) groups is 3. The molecule has 2 rings (SSSR count). The molecule has 0 saturated carbocycles. The standard InChI is InChI=1S/C19H19N3O6/c1-13(23)14-5-4-6-15(11-14)21-18(24)12-28-19(25)9-10-20-16-7-2-3-8-17(16)22(26)27/h2-8,11,20H,9-10,12H2,1H3,(H,21,24). The molecule has 146 valence electrons. The number of nitrogens with one attached hydrogen (secondary N) is 2. The minimum Gasteiger partial charge on any atom is -0.456 e. The summed E-state index contributed by atoms with van der Waals surface area (Å²) in [5, 5.41) is 16.2. The van der Waals surface area contributed by atoms with Crippen LogP contribution in [0.15, 0.2) is 48.5 Å². The minimum atomic E-state index is -0.626. The Morgan fingerprint density at radius 1 is 1.11 bits per heavy atom. The molecule has 2 aromatic rings. The lowest BCUT2D eigenvalue weighted by Gasteiger charge is -2.08. The van der Waals surface area contributed by atoms with Crippen molar-refractivity contribution in [2.24, 2.45) is 0 Å². The van der Waals surface area contributed by atoms with Gasteiger partial charge in [0.1, 0.15) is 5.69 Å². The van der Waals surface area contributed by atoms with Crippen molar-refractivity contribution >= 4 is 34.7 Å². The third-order valence-corrected chi connectivity index (χ3v) is 3.66. The summed E-state index contributed by atoms with van der Waals surface area (Å²) in [7, 11) is 0. The normalized spacial score (nSPS) is 10.0. The molecule has 0 bridgehead atoms. The van der Waals surface area contributed by atoms with E-state index in [2.05, 4.69) is 10.6 Å². The molecule has 2 N–H and O–H groups in total. The van der Waals surface area contributed by atoms with Gasteiger partial charge in [-0.15, -0.1) is 0 Å². The van der Waals surface area contributed by atoms with Gasteiger partial charge >= 0.3 is 5.97 Å². The molecule has 1 amide bonds. The van der Waals surface area contributed by atoms with Crippen molar-refractivity contribution in [3.8, 4) is 0 Å². The van der Waals surface area contributed by atoms with E-state index in [9.17, 15) is 24.5 Å². The Balaban J connectivity index is 1.75. The van der Waals surface area contributed by atoms with Crippen molar-refractivity contribution in [2.45, 2.75) is 13.3 Å². The summed E-state index contributed by atoms with van der Waals surface area (Å²) < 4.78 is 4.88. The molecule has 0 aliphatic heterocycles. The first-order chi connectivity index (χ1) is 13.4. The molecular weight excluding hydrogens is 366 g/mol. The third kappa shape index (κ3) is 6.20. The fourth-order valence-corrected chi connectivity index (χ4v) is 2.31. The van der Waals surface area contributed by atoms with Crippen LogP contribution in [0.2, 0.25) is 0 Å². The Morgan fingerprint density at radius 2 is 1.86 bits per heavy atom. The molecule has 0 fully saturated rings. The maximum atomic E-state index is 11.8. The van der Waals surface area contributed by atoms with Gasteiger partial charge in [-0.2, -0.15) is 0 Å². The molecule has 0 aliphatic rings. The van der Waals surface area contributed by atoms with Crippen LogP contribution in [0.25, 0.3) is 0 Å². The number of hydrogen-bond acceptors (Lipinski definition) is 7. The zero-order valence-electron chi connectivity index (χ0n) is 15.1. The van der Waals surface area contributed by atoms with Crippen LogP contribution in [0, 0.1) is 10.1 Å². The van der Waals surface area contributed by atoms with Crippen molar-refractivity contribution < 1.29 is 24.0 Å². The van der Waals surface area contributed by atoms with Crippen molar-refractivity contribution in [1.29, 1.82) is 0 Å². The van der Waals surface area contributed by atoms with Crippen LogP contribution in [0.1, 0.15) is 23.7 Å². The summed E-state index contributed by atoms with van der Waals surface area (Å²) in [6, 6.07) is 12.5. The smallest absolute Gasteiger partial charge is 0.308 e. The lowest BCUT2D eigenvalue weighted by Crippen LogP contribution is -2.22. The summed E-state index contributed by atoms with van der Waals surface area (Å²) in [6.45, 7) is 1.06. The predicted octanol–water partition coefficient (Wildman–Crippen LogP) is 2.78. The van der Waals surface area contributed by atoms with Gasteiger partial charge in [-0.3, -0.25) is 24.5 Å². The van der Waals surface area contributed by atoms with E-state index in [-0.39, 0.29) is 24.4 Å². The van der Waals surface area contributed by atoms with E-state index >= 15 is 0 Å². The first-order valence-electron chi connectivity index (χ1n) is 8.40. The van der Waals surface area contributed by atoms with E-state index in [4.69, 9.17) is 4.74 Å². The molecule has 0 spiro atoms. The van der Waals surface area contributed by atoms with Gasteiger partial charge < -0.3 is 15.4 Å². The SMILES string of the molecule is CC(=O)c1cccc(NC(=O)COC(=O)CCNc2ccccc2[N+](=O)[O-])c1. The topological polar surface area (TPSA) is 128 Å². The first-order valence-corrected chi connectivity index (χ1v) is 8.40. The van der Waals surface area contributed by atoms with Gasteiger partial charge in [-0.25, -0.2) is 0 Å². The fourth-order valence-electron chi connectivity index (χ4n) is 2.31. The first kappa shape index (κ1) is 20.6. The highest BCUT2D eigenvalue weighted by Crippen LogP contribution is 2.22. The van der Waals surface area contributed by atoms with Gasteiger partial charge in [0.2, 0.25) is 0 Å². The average Bonchev–Trinajstić information content (AvgIpc) is 2.67. The number of rotatable bonds is 9. The number of carbonyl (C=O) groups excluding carboxylic acids is 3. The Kier molecular flexibility index (Phi) is 7.21. The number of ether oxygens (including phenoxy) is 1. The number of para-hydroxylation sites is 2. The molecular formula is C19H19N3O6. The van der Waals surface area contributed by atoms with Gasteiger partial charge in [0.05, 0.1) is 11.3 Å². The lowest BCUT2D eigenvalue weighted by atomic mass is 10.1. The van der Waals surface area contributed by atoms with Gasteiger partial charge in [0, 0.05) is 23.9 Å². The number of benzene rings is 2. The predicted molar refractivity (Wildman–Crippen MR) is 102 cm³/mol. The lowest BCUT2D eigenvalue weighted by molar-refractivity contribution is -0.384. The van der Waals surface area contributed by atoms with Crippen LogP contribution in [-0.2, 0) is 14.3 Å². The summed E-state index contributed by atoms with van der Waals surface area (Å²) in [5.41, 5.74) is 1.08. The van der Waals surface area contributed by atoms with Crippen LogP contribution in [0.4, 0.5) is 17.1 Å². The van der Waals surface area contributed by atoms with Gasteiger partial charge in [-0.05, 0) is 25.1 Å². The second-order valence-corrected chi connectivity index (χ2v) is 5.80. The molecule has 0 aliphatic carbocycles. The maximum Gasteiger partial charge on any atom is 0.308 e. The fraction of sp³-hybridized carbons (Fsp3) is 0.211. The summed E-state index contributed by atoms with van der Waals surface area (Å²) in [4.78, 5) is 45.3. The number of amides is 1. The van der Waals surface area contributed by atoms with E-state index in [1.165, 1.54) is 25.1 Å². The van der Waals surface area contributed by atoms with Crippen molar-refractivity contribution in [1.82, 2.24) is 0 Å². The number of nitro benzene ring substituents is 1. The molecule has 9 nitrogen and oxygen atoms in total. The zero-order chi connectivity index (χ0) is 20.5. The number of Topliss-reactive ketones (excluding diaryl/α,β-unsaturated/α-hetero) is 1. The van der Waals surface area contributed by atoms with Crippen LogP contribution in [0.3, 0.4) is 0 Å². The molecule has 0 radical (unpaired) electrons. The van der Waals surface area contributed by atoms with Crippen LogP contribution in [0.5, 0.6) is 0 Å². The van der Waals surface area contributed by atoms with E-state index in [0.29, 0.717) is 16.9 Å². The second-order valence-electron chi connectivity index (χ2n) is 5.80. The van der Waals surface area contributed by atoms with E-state index in [1.54, 1.807) is 30.3 Å². The number of ketones is 1. The van der Waals surface area contributed by atoms with E-state index < -0.39 is 23.4 Å². The number of hydrogen-bond donors (Lipinski definition) is 2. The van der Waals surface area contributed by atoms with Crippen molar-refractivity contribution in [3.63, 3.8) is 0 Å². The highest BCUT2D eigenvalue weighted by Gasteiger charge is 2.13. The summed E-state index contributed by atoms with van der Waals surface area (Å²) >= 11 is 0. The van der Waals surface area contributed by atoms with Gasteiger partial charge in [-0.1, -0.05) is 24.3 Å². The van der Waals surface area contributed by atoms with Crippen molar-refractivity contribution in [3.05, 3.63) is 64.2 Å². The number of nitrogens with zero attached hydrogens (tertiary/aromatic N) is 1. The molecule has 2 aromatic carbocycles.